The maximum absolute atomic E-state index is 12.9. The largest absolute Gasteiger partial charge is 0.368 e. The van der Waals surface area contributed by atoms with Crippen LogP contribution in [0.5, 0.6) is 0 Å². The number of nitrogens with zero attached hydrogens (tertiary/aromatic N) is 4. The summed E-state index contributed by atoms with van der Waals surface area (Å²) in [5.74, 6) is 1.09. The van der Waals surface area contributed by atoms with Crippen molar-refractivity contribution in [3.05, 3.63) is 64.5 Å². The van der Waals surface area contributed by atoms with E-state index in [4.69, 9.17) is 16.1 Å². The fourth-order valence-electron chi connectivity index (χ4n) is 3.43. The third-order valence-corrected chi connectivity index (χ3v) is 5.23. The van der Waals surface area contributed by atoms with Crippen LogP contribution < -0.4 is 4.90 Å². The normalized spacial score (nSPS) is 14.4. The van der Waals surface area contributed by atoms with Crippen molar-refractivity contribution in [3.63, 3.8) is 0 Å². The molecule has 0 bridgehead atoms. The summed E-state index contributed by atoms with van der Waals surface area (Å²) in [6, 6.07) is 13.3. The number of carbonyl (C=O) groups excluding carboxylic acids is 1. The first-order valence-corrected chi connectivity index (χ1v) is 9.60. The van der Waals surface area contributed by atoms with Crippen LogP contribution in [0.15, 0.2) is 47.0 Å². The van der Waals surface area contributed by atoms with Crippen LogP contribution in [0.4, 0.5) is 5.69 Å². The number of rotatable bonds is 3. The van der Waals surface area contributed by atoms with Gasteiger partial charge in [0.05, 0.1) is 0 Å². The summed E-state index contributed by atoms with van der Waals surface area (Å²) in [5.41, 5.74) is 3.82. The molecule has 3 aromatic rings. The van der Waals surface area contributed by atoms with E-state index in [1.165, 1.54) is 5.56 Å². The molecule has 0 aliphatic carbocycles. The molecular weight excluding hydrogens is 376 g/mol. The van der Waals surface area contributed by atoms with Gasteiger partial charge in [-0.25, -0.2) is 0 Å². The number of aryl methyl sites for hydroxylation is 2. The molecule has 1 fully saturated rings. The zero-order chi connectivity index (χ0) is 19.7. The average Bonchev–Trinajstić information content (AvgIpc) is 3.16. The van der Waals surface area contributed by atoms with Gasteiger partial charge in [-0.05, 0) is 36.8 Å². The van der Waals surface area contributed by atoms with E-state index in [0.717, 1.165) is 29.4 Å². The number of halogens is 1. The molecule has 0 radical (unpaired) electrons. The Hall–Kier alpha value is -2.86. The zero-order valence-corrected chi connectivity index (χ0v) is 16.6. The Labute approximate surface area is 168 Å². The predicted octanol–water partition coefficient (Wildman–Crippen LogP) is 3.97. The first-order valence-electron chi connectivity index (χ1n) is 9.22. The lowest BCUT2D eigenvalue weighted by Crippen LogP contribution is -2.49. The Morgan fingerprint density at radius 1 is 1.04 bits per heavy atom. The van der Waals surface area contributed by atoms with Crippen molar-refractivity contribution in [2.45, 2.75) is 13.8 Å². The molecule has 1 aliphatic rings. The predicted molar refractivity (Wildman–Crippen MR) is 109 cm³/mol. The highest BCUT2D eigenvalue weighted by Gasteiger charge is 2.23. The van der Waals surface area contributed by atoms with Gasteiger partial charge in [-0.2, -0.15) is 4.98 Å². The van der Waals surface area contributed by atoms with E-state index < -0.39 is 0 Å². The number of amides is 1. The van der Waals surface area contributed by atoms with Crippen LogP contribution in [-0.4, -0.2) is 47.1 Å². The van der Waals surface area contributed by atoms with E-state index in [1.54, 1.807) is 6.92 Å². The van der Waals surface area contributed by atoms with Gasteiger partial charge in [0.2, 0.25) is 11.7 Å². The second kappa shape index (κ2) is 7.64. The molecule has 0 N–H and O–H groups in total. The van der Waals surface area contributed by atoms with Crippen molar-refractivity contribution < 1.29 is 9.32 Å². The molecular formula is C21H21ClN4O2. The van der Waals surface area contributed by atoms with Crippen molar-refractivity contribution in [2.24, 2.45) is 0 Å². The lowest BCUT2D eigenvalue weighted by Gasteiger charge is -2.37. The average molecular weight is 397 g/mol. The SMILES string of the molecule is Cc1nc(-c2ccc(C(=O)N3CCN(c4cc(Cl)ccc4C)CC3)cc2)no1. The fourth-order valence-corrected chi connectivity index (χ4v) is 3.60. The summed E-state index contributed by atoms with van der Waals surface area (Å²) < 4.78 is 5.00. The van der Waals surface area contributed by atoms with Crippen LogP contribution in [0.2, 0.25) is 5.02 Å². The van der Waals surface area contributed by atoms with E-state index in [0.29, 0.717) is 30.4 Å². The van der Waals surface area contributed by atoms with E-state index in [9.17, 15) is 4.79 Å². The molecule has 4 rings (SSSR count). The van der Waals surface area contributed by atoms with Crippen molar-refractivity contribution in [1.82, 2.24) is 15.0 Å². The number of anilines is 1. The Morgan fingerprint density at radius 3 is 2.39 bits per heavy atom. The third kappa shape index (κ3) is 3.73. The Kier molecular flexibility index (Phi) is 5.05. The van der Waals surface area contributed by atoms with E-state index in [2.05, 4.69) is 22.0 Å². The van der Waals surface area contributed by atoms with E-state index in [-0.39, 0.29) is 5.91 Å². The van der Waals surface area contributed by atoms with Gasteiger partial charge in [0.25, 0.3) is 5.91 Å². The van der Waals surface area contributed by atoms with Crippen molar-refractivity contribution in [2.75, 3.05) is 31.1 Å². The zero-order valence-electron chi connectivity index (χ0n) is 15.9. The standard InChI is InChI=1S/C21H21ClN4O2/c1-14-3-8-18(22)13-19(14)25-9-11-26(12-10-25)21(27)17-6-4-16(5-7-17)20-23-15(2)28-24-20/h3-8,13H,9-12H2,1-2H3. The third-order valence-electron chi connectivity index (χ3n) is 5.00. The summed E-state index contributed by atoms with van der Waals surface area (Å²) in [5, 5.41) is 4.64. The first-order chi connectivity index (χ1) is 13.5. The van der Waals surface area contributed by atoms with Gasteiger partial charge in [-0.3, -0.25) is 4.79 Å². The number of piperazine rings is 1. The first kappa shape index (κ1) is 18.5. The lowest BCUT2D eigenvalue weighted by molar-refractivity contribution is 0.0747. The summed E-state index contributed by atoms with van der Waals surface area (Å²) in [4.78, 5) is 21.2. The van der Waals surface area contributed by atoms with Gasteiger partial charge >= 0.3 is 0 Å². The summed E-state index contributed by atoms with van der Waals surface area (Å²) in [6.07, 6.45) is 0. The van der Waals surface area contributed by atoms with Crippen LogP contribution in [-0.2, 0) is 0 Å². The Balaban J connectivity index is 1.42. The molecule has 0 atom stereocenters. The molecule has 0 saturated carbocycles. The van der Waals surface area contributed by atoms with Gasteiger partial charge < -0.3 is 14.3 Å². The second-order valence-corrected chi connectivity index (χ2v) is 7.36. The van der Waals surface area contributed by atoms with Gasteiger partial charge in [-0.15, -0.1) is 0 Å². The fraction of sp³-hybridized carbons (Fsp3) is 0.286. The van der Waals surface area contributed by atoms with Crippen LogP contribution in [0.1, 0.15) is 21.8 Å². The number of carbonyl (C=O) groups is 1. The monoisotopic (exact) mass is 396 g/mol. The molecule has 1 amide bonds. The van der Waals surface area contributed by atoms with Gasteiger partial charge in [-0.1, -0.05) is 35.0 Å². The number of aromatic nitrogens is 2. The molecule has 0 unspecified atom stereocenters. The lowest BCUT2D eigenvalue weighted by atomic mass is 10.1. The molecule has 1 saturated heterocycles. The molecule has 2 aromatic carbocycles. The number of hydrogen-bond donors (Lipinski definition) is 0. The van der Waals surface area contributed by atoms with Crippen LogP contribution in [0, 0.1) is 13.8 Å². The van der Waals surface area contributed by atoms with E-state index in [1.807, 2.05) is 47.4 Å². The Bertz CT molecular complexity index is 992. The quantitative estimate of drug-likeness (QED) is 0.670. The highest BCUT2D eigenvalue weighted by atomic mass is 35.5. The molecule has 7 heteroatoms. The van der Waals surface area contributed by atoms with Crippen LogP contribution in [0.25, 0.3) is 11.4 Å². The molecule has 1 aromatic heterocycles. The minimum Gasteiger partial charge on any atom is -0.368 e. The molecule has 2 heterocycles. The number of benzene rings is 2. The van der Waals surface area contributed by atoms with Crippen LogP contribution >= 0.6 is 11.6 Å². The Morgan fingerprint density at radius 2 is 1.75 bits per heavy atom. The molecule has 1 aliphatic heterocycles. The highest BCUT2D eigenvalue weighted by Crippen LogP contribution is 2.26. The van der Waals surface area contributed by atoms with Crippen LogP contribution in [0.3, 0.4) is 0 Å². The van der Waals surface area contributed by atoms with Gasteiger partial charge in [0, 0.05) is 54.9 Å². The maximum Gasteiger partial charge on any atom is 0.253 e. The summed E-state index contributed by atoms with van der Waals surface area (Å²) in [7, 11) is 0. The molecule has 144 valence electrons. The molecule has 0 spiro atoms. The van der Waals surface area contributed by atoms with Crippen molar-refractivity contribution >= 4 is 23.2 Å². The van der Waals surface area contributed by atoms with Crippen molar-refractivity contribution in [1.29, 1.82) is 0 Å². The van der Waals surface area contributed by atoms with Gasteiger partial charge in [0.1, 0.15) is 0 Å². The van der Waals surface area contributed by atoms with E-state index >= 15 is 0 Å². The van der Waals surface area contributed by atoms with Gasteiger partial charge in [0.15, 0.2) is 0 Å². The molecule has 28 heavy (non-hydrogen) atoms. The topological polar surface area (TPSA) is 62.5 Å². The summed E-state index contributed by atoms with van der Waals surface area (Å²) >= 11 is 6.15. The summed E-state index contributed by atoms with van der Waals surface area (Å²) in [6.45, 7) is 6.75. The highest BCUT2D eigenvalue weighted by molar-refractivity contribution is 6.30. The minimum atomic E-state index is 0.0401. The smallest absolute Gasteiger partial charge is 0.253 e. The second-order valence-electron chi connectivity index (χ2n) is 6.92. The molecule has 6 nitrogen and oxygen atoms in total. The van der Waals surface area contributed by atoms with Crippen molar-refractivity contribution in [3.8, 4) is 11.4 Å². The minimum absolute atomic E-state index is 0.0401. The maximum atomic E-state index is 12.9. The number of hydrogen-bond acceptors (Lipinski definition) is 5.